The van der Waals surface area contributed by atoms with Gasteiger partial charge in [-0.1, -0.05) is 11.6 Å². The number of H-pyrrole nitrogens is 1. The van der Waals surface area contributed by atoms with E-state index in [1.165, 1.54) is 0 Å². The van der Waals surface area contributed by atoms with E-state index in [2.05, 4.69) is 16.0 Å². The van der Waals surface area contributed by atoms with Crippen molar-refractivity contribution in [1.82, 2.24) is 9.97 Å². The van der Waals surface area contributed by atoms with Crippen molar-refractivity contribution in [3.05, 3.63) is 50.2 Å². The fourth-order valence-corrected chi connectivity index (χ4v) is 5.03. The average Bonchev–Trinajstić information content (AvgIpc) is 3.24. The number of aromatic nitrogens is 2. The standard InChI is InChI=1S/C8H5ClN2S.C8H6N2OS/c9-8-6(3-10)7-5(4-11-8)1-2-12-7;9-3-6-7-5(1-2-12-7)4-10-8(6)11/h4H,1-2H2;4H,1-2H2,(H,10,11). The fourth-order valence-electron chi connectivity index (χ4n) is 2.48. The van der Waals surface area contributed by atoms with E-state index in [1.54, 1.807) is 35.9 Å². The number of aromatic amines is 1. The summed E-state index contributed by atoms with van der Waals surface area (Å²) in [5, 5.41) is 17.8. The Morgan fingerprint density at radius 3 is 2.38 bits per heavy atom. The number of aryl methyl sites for hydroxylation is 2. The van der Waals surface area contributed by atoms with Crippen molar-refractivity contribution in [2.45, 2.75) is 22.6 Å². The van der Waals surface area contributed by atoms with E-state index in [0.717, 1.165) is 45.3 Å². The van der Waals surface area contributed by atoms with Crippen LogP contribution in [-0.4, -0.2) is 21.5 Å². The fraction of sp³-hybridized carbons (Fsp3) is 0.250. The largest absolute Gasteiger partial charge is 0.328 e. The van der Waals surface area contributed by atoms with E-state index in [0.29, 0.717) is 10.7 Å². The number of thioether (sulfide) groups is 2. The minimum atomic E-state index is -0.273. The molecular formula is C16H11ClN4OS2. The predicted octanol–water partition coefficient (Wildman–Crippen LogP) is 3.15. The minimum absolute atomic E-state index is 0.273. The number of hydrogen-bond donors (Lipinski definition) is 1. The summed E-state index contributed by atoms with van der Waals surface area (Å²) in [7, 11) is 0. The maximum Gasteiger partial charge on any atom is 0.267 e. The van der Waals surface area contributed by atoms with Gasteiger partial charge in [0.1, 0.15) is 28.4 Å². The molecule has 0 bridgehead atoms. The van der Waals surface area contributed by atoms with Gasteiger partial charge in [0.15, 0.2) is 0 Å². The van der Waals surface area contributed by atoms with E-state index in [1.807, 2.05) is 6.07 Å². The van der Waals surface area contributed by atoms with Gasteiger partial charge in [-0.3, -0.25) is 4.79 Å². The molecule has 2 aliphatic heterocycles. The summed E-state index contributed by atoms with van der Waals surface area (Å²) in [5.74, 6) is 2.01. The second-order valence-corrected chi connectivity index (χ2v) is 7.61. The number of pyridine rings is 2. The first-order valence-corrected chi connectivity index (χ1v) is 9.48. The van der Waals surface area contributed by atoms with Crippen LogP contribution < -0.4 is 5.56 Å². The second kappa shape index (κ2) is 7.31. The monoisotopic (exact) mass is 374 g/mol. The van der Waals surface area contributed by atoms with Crippen LogP contribution in [-0.2, 0) is 12.8 Å². The lowest BCUT2D eigenvalue weighted by Gasteiger charge is -2.00. The van der Waals surface area contributed by atoms with Gasteiger partial charge in [-0.25, -0.2) is 4.98 Å². The van der Waals surface area contributed by atoms with Crippen LogP contribution in [0.3, 0.4) is 0 Å². The number of nitriles is 2. The number of nitrogens with zero attached hydrogens (tertiary/aromatic N) is 3. The van der Waals surface area contributed by atoms with Crippen molar-refractivity contribution < 1.29 is 0 Å². The number of hydrogen-bond acceptors (Lipinski definition) is 6. The Morgan fingerprint density at radius 1 is 1.08 bits per heavy atom. The highest BCUT2D eigenvalue weighted by molar-refractivity contribution is 7.99. The van der Waals surface area contributed by atoms with E-state index >= 15 is 0 Å². The lowest BCUT2D eigenvalue weighted by molar-refractivity contribution is 1.06. The van der Waals surface area contributed by atoms with Crippen molar-refractivity contribution in [2.24, 2.45) is 0 Å². The molecule has 4 heterocycles. The third-order valence-electron chi connectivity index (χ3n) is 3.64. The molecule has 0 aliphatic carbocycles. The Morgan fingerprint density at radius 2 is 1.71 bits per heavy atom. The van der Waals surface area contributed by atoms with Crippen LogP contribution in [0.15, 0.2) is 27.0 Å². The quantitative estimate of drug-likeness (QED) is 0.712. The van der Waals surface area contributed by atoms with Crippen molar-refractivity contribution in [2.75, 3.05) is 11.5 Å². The van der Waals surface area contributed by atoms with E-state index in [-0.39, 0.29) is 11.1 Å². The molecule has 4 rings (SSSR count). The van der Waals surface area contributed by atoms with Crippen LogP contribution in [0.2, 0.25) is 5.15 Å². The number of fused-ring (bicyclic) bond motifs is 2. The summed E-state index contributed by atoms with van der Waals surface area (Å²) in [6.07, 6.45) is 5.42. The summed E-state index contributed by atoms with van der Waals surface area (Å²) in [4.78, 5) is 19.5. The van der Waals surface area contributed by atoms with Crippen molar-refractivity contribution in [3.63, 3.8) is 0 Å². The van der Waals surface area contributed by atoms with Crippen molar-refractivity contribution >= 4 is 35.1 Å². The molecule has 0 amide bonds. The lowest BCUT2D eigenvalue weighted by Crippen LogP contribution is -2.10. The Kier molecular flexibility index (Phi) is 5.15. The molecular weight excluding hydrogens is 364 g/mol. The summed E-state index contributed by atoms with van der Waals surface area (Å²) in [5.41, 5.74) is 2.79. The highest BCUT2D eigenvalue weighted by Gasteiger charge is 2.19. The summed E-state index contributed by atoms with van der Waals surface area (Å²) in [6.45, 7) is 0. The maximum absolute atomic E-state index is 11.1. The van der Waals surface area contributed by atoms with Gasteiger partial charge in [0.2, 0.25) is 0 Å². The van der Waals surface area contributed by atoms with Gasteiger partial charge >= 0.3 is 0 Å². The molecule has 0 unspecified atom stereocenters. The predicted molar refractivity (Wildman–Crippen MR) is 94.6 cm³/mol. The normalized spacial score (nSPS) is 14.0. The van der Waals surface area contributed by atoms with Crippen LogP contribution in [0.4, 0.5) is 0 Å². The minimum Gasteiger partial charge on any atom is -0.328 e. The van der Waals surface area contributed by atoms with Gasteiger partial charge in [0.05, 0.1) is 0 Å². The van der Waals surface area contributed by atoms with Gasteiger partial charge in [-0.15, -0.1) is 23.5 Å². The molecule has 0 saturated carbocycles. The van der Waals surface area contributed by atoms with Gasteiger partial charge in [0, 0.05) is 33.7 Å². The third-order valence-corrected chi connectivity index (χ3v) is 6.25. The molecule has 120 valence electrons. The Hall–Kier alpha value is -1.93. The van der Waals surface area contributed by atoms with Gasteiger partial charge < -0.3 is 4.98 Å². The zero-order valence-electron chi connectivity index (χ0n) is 12.4. The third kappa shape index (κ3) is 3.16. The highest BCUT2D eigenvalue weighted by Crippen LogP contribution is 2.35. The van der Waals surface area contributed by atoms with Crippen LogP contribution in [0, 0.1) is 22.7 Å². The van der Waals surface area contributed by atoms with E-state index in [4.69, 9.17) is 22.1 Å². The van der Waals surface area contributed by atoms with E-state index < -0.39 is 0 Å². The van der Waals surface area contributed by atoms with Crippen molar-refractivity contribution in [3.8, 4) is 12.1 Å². The molecule has 0 fully saturated rings. The second-order valence-electron chi connectivity index (χ2n) is 5.05. The maximum atomic E-state index is 11.1. The zero-order chi connectivity index (χ0) is 17.1. The molecule has 8 heteroatoms. The Balaban J connectivity index is 0.000000141. The Labute approximate surface area is 152 Å². The molecule has 1 N–H and O–H groups in total. The average molecular weight is 375 g/mol. The van der Waals surface area contributed by atoms with Gasteiger partial charge in [-0.05, 0) is 24.0 Å². The van der Waals surface area contributed by atoms with Crippen molar-refractivity contribution in [1.29, 1.82) is 10.5 Å². The van der Waals surface area contributed by atoms with E-state index in [9.17, 15) is 4.79 Å². The molecule has 0 spiro atoms. The lowest BCUT2D eigenvalue weighted by atomic mass is 10.2. The van der Waals surface area contributed by atoms with Crippen LogP contribution in [0.1, 0.15) is 22.3 Å². The smallest absolute Gasteiger partial charge is 0.267 e. The molecule has 0 saturated heterocycles. The molecule has 24 heavy (non-hydrogen) atoms. The highest BCUT2D eigenvalue weighted by atomic mass is 35.5. The summed E-state index contributed by atoms with van der Waals surface area (Å²) in [6, 6.07) is 4.01. The molecule has 0 atom stereocenters. The molecule has 5 nitrogen and oxygen atoms in total. The zero-order valence-corrected chi connectivity index (χ0v) is 14.8. The first-order chi connectivity index (χ1) is 11.7. The number of halogens is 1. The first kappa shape index (κ1) is 16.9. The van der Waals surface area contributed by atoms with Crippen LogP contribution >= 0.6 is 35.1 Å². The molecule has 0 radical (unpaired) electrons. The van der Waals surface area contributed by atoms with Gasteiger partial charge in [-0.2, -0.15) is 10.5 Å². The number of nitrogens with one attached hydrogen (secondary N) is 1. The SMILES string of the molecule is N#Cc1c(Cl)ncc2c1SCC2.N#Cc1c2c(c[nH]c1=O)CCS2. The van der Waals surface area contributed by atoms with Gasteiger partial charge in [0.25, 0.3) is 5.56 Å². The number of rotatable bonds is 0. The van der Waals surface area contributed by atoms with Crippen LogP contribution in [0.25, 0.3) is 0 Å². The summed E-state index contributed by atoms with van der Waals surface area (Å²) >= 11 is 9.04. The molecule has 2 aliphatic rings. The molecule has 2 aromatic rings. The summed E-state index contributed by atoms with van der Waals surface area (Å²) < 4.78 is 0. The van der Waals surface area contributed by atoms with Crippen LogP contribution in [0.5, 0.6) is 0 Å². The first-order valence-electron chi connectivity index (χ1n) is 7.13. The Bertz CT molecular complexity index is 943. The topological polar surface area (TPSA) is 93.3 Å². The molecule has 0 aromatic carbocycles. The molecule has 2 aromatic heterocycles.